The van der Waals surface area contributed by atoms with Crippen LogP contribution in [-0.4, -0.2) is 43.8 Å². The maximum Gasteiger partial charge on any atom is 0.337 e. The van der Waals surface area contributed by atoms with Gasteiger partial charge in [0.15, 0.2) is 29.0 Å². The van der Waals surface area contributed by atoms with Gasteiger partial charge in [-0.1, -0.05) is 23.7 Å². The van der Waals surface area contributed by atoms with Crippen LogP contribution in [-0.2, 0) is 22.5 Å². The molecule has 1 atom stereocenters. The predicted octanol–water partition coefficient (Wildman–Crippen LogP) is 6.00. The van der Waals surface area contributed by atoms with E-state index in [4.69, 9.17) is 21.1 Å². The molecule has 1 aliphatic heterocycles. The minimum absolute atomic E-state index is 0.0669. The summed E-state index contributed by atoms with van der Waals surface area (Å²) < 4.78 is 28.6. The highest BCUT2D eigenvalue weighted by atomic mass is 35.5. The molecule has 0 saturated heterocycles. The van der Waals surface area contributed by atoms with Gasteiger partial charge >= 0.3 is 5.97 Å². The SMILES string of the molecule is Cc1nc2cc(C(=O)NCc3ccc(Cl)cc3)nn2c(-c2cc(F)c3c(c2C)CCCO3)c1C(OC(C)(C)C)C(=O)O. The van der Waals surface area contributed by atoms with Crippen molar-refractivity contribution in [3.05, 3.63) is 80.9 Å². The second kappa shape index (κ2) is 11.3. The van der Waals surface area contributed by atoms with E-state index in [1.54, 1.807) is 52.0 Å². The number of ether oxygens (including phenoxy) is 2. The molecule has 4 aromatic rings. The maximum atomic E-state index is 15.5. The highest BCUT2D eigenvalue weighted by molar-refractivity contribution is 6.30. The molecule has 0 spiro atoms. The van der Waals surface area contributed by atoms with E-state index in [-0.39, 0.29) is 29.2 Å². The number of fused-ring (bicyclic) bond motifs is 2. The van der Waals surface area contributed by atoms with Crippen LogP contribution in [0.4, 0.5) is 4.39 Å². The number of rotatable bonds is 7. The third kappa shape index (κ3) is 5.82. The fourth-order valence-corrected chi connectivity index (χ4v) is 5.31. The lowest BCUT2D eigenvalue weighted by molar-refractivity contribution is -0.160. The second-order valence-corrected chi connectivity index (χ2v) is 11.7. The molecule has 0 radical (unpaired) electrons. The van der Waals surface area contributed by atoms with Crippen molar-refractivity contribution >= 4 is 29.1 Å². The first-order valence-corrected chi connectivity index (χ1v) is 14.0. The van der Waals surface area contributed by atoms with Gasteiger partial charge in [0.25, 0.3) is 5.91 Å². The number of nitrogens with zero attached hydrogens (tertiary/aromatic N) is 3. The minimum atomic E-state index is -1.45. The highest BCUT2D eigenvalue weighted by Gasteiger charge is 2.35. The van der Waals surface area contributed by atoms with Crippen molar-refractivity contribution in [1.29, 1.82) is 0 Å². The zero-order valence-electron chi connectivity index (χ0n) is 24.0. The molecule has 0 fully saturated rings. The van der Waals surface area contributed by atoms with E-state index < -0.39 is 29.4 Å². The van der Waals surface area contributed by atoms with Crippen molar-refractivity contribution in [2.45, 2.75) is 65.7 Å². The molecule has 42 heavy (non-hydrogen) atoms. The first-order valence-electron chi connectivity index (χ1n) is 13.6. The van der Waals surface area contributed by atoms with Crippen LogP contribution in [0.25, 0.3) is 16.9 Å². The number of aryl methyl sites for hydroxylation is 1. The number of carbonyl (C=O) groups is 2. The predicted molar refractivity (Wildman–Crippen MR) is 156 cm³/mol. The Morgan fingerprint density at radius 3 is 2.60 bits per heavy atom. The van der Waals surface area contributed by atoms with E-state index in [2.05, 4.69) is 15.4 Å². The van der Waals surface area contributed by atoms with E-state index in [1.165, 1.54) is 16.6 Å². The van der Waals surface area contributed by atoms with Crippen molar-refractivity contribution < 1.29 is 28.6 Å². The summed E-state index contributed by atoms with van der Waals surface area (Å²) in [4.78, 5) is 30.4. The standard InChI is InChI=1S/C31H32ClFN4O5/c1-16-20-7-6-12-41-27(20)22(33)13-21(16)26-25(28(30(39)40)42-31(3,4)5)17(2)35-24-14-23(36-37(24)26)29(38)34-15-18-8-10-19(32)11-9-18/h8-11,13-14,28H,6-7,12,15H2,1-5H3,(H,34,38)(H,39,40). The van der Waals surface area contributed by atoms with Crippen LogP contribution in [0.2, 0.25) is 5.02 Å². The van der Waals surface area contributed by atoms with Crippen molar-refractivity contribution in [3.8, 4) is 17.0 Å². The zero-order chi connectivity index (χ0) is 30.3. The number of hydrogen-bond acceptors (Lipinski definition) is 6. The molecule has 0 bridgehead atoms. The van der Waals surface area contributed by atoms with E-state index in [0.29, 0.717) is 40.5 Å². The first kappa shape index (κ1) is 29.5. The van der Waals surface area contributed by atoms with Gasteiger partial charge in [0.1, 0.15) is 0 Å². The Bertz CT molecular complexity index is 1690. The van der Waals surface area contributed by atoms with E-state index in [1.807, 2.05) is 6.92 Å². The van der Waals surface area contributed by atoms with Gasteiger partial charge in [0, 0.05) is 40.0 Å². The third-order valence-corrected chi connectivity index (χ3v) is 7.33. The summed E-state index contributed by atoms with van der Waals surface area (Å²) in [5, 5.41) is 18.3. The molecular weight excluding hydrogens is 563 g/mol. The van der Waals surface area contributed by atoms with Crippen LogP contribution < -0.4 is 10.1 Å². The van der Waals surface area contributed by atoms with Crippen molar-refractivity contribution in [2.24, 2.45) is 0 Å². The summed E-state index contributed by atoms with van der Waals surface area (Å²) in [6, 6.07) is 9.93. The molecule has 2 N–H and O–H groups in total. The molecule has 1 aliphatic rings. The topological polar surface area (TPSA) is 115 Å². The molecule has 2 aromatic heterocycles. The molecule has 1 unspecified atom stereocenters. The number of aliphatic carboxylic acids is 1. The van der Waals surface area contributed by atoms with E-state index in [0.717, 1.165) is 17.5 Å². The molecule has 5 rings (SSSR count). The van der Waals surface area contributed by atoms with Crippen LogP contribution in [0.3, 0.4) is 0 Å². The Hall–Kier alpha value is -4.02. The molecule has 11 heteroatoms. The highest BCUT2D eigenvalue weighted by Crippen LogP contribution is 2.41. The van der Waals surface area contributed by atoms with Crippen molar-refractivity contribution in [2.75, 3.05) is 6.61 Å². The Labute approximate surface area is 247 Å². The Morgan fingerprint density at radius 2 is 1.93 bits per heavy atom. The monoisotopic (exact) mass is 594 g/mol. The number of halogens is 2. The number of hydrogen-bond donors (Lipinski definition) is 2. The van der Waals surface area contributed by atoms with Gasteiger partial charge in [-0.05, 0) is 76.8 Å². The van der Waals surface area contributed by atoms with Gasteiger partial charge in [-0.25, -0.2) is 18.7 Å². The number of carboxylic acid groups (broad SMARTS) is 1. The van der Waals surface area contributed by atoms with Gasteiger partial charge in [-0.3, -0.25) is 4.79 Å². The number of aromatic nitrogens is 3. The average molecular weight is 595 g/mol. The van der Waals surface area contributed by atoms with Crippen LogP contribution in [0, 0.1) is 19.7 Å². The smallest absolute Gasteiger partial charge is 0.337 e. The fourth-order valence-electron chi connectivity index (χ4n) is 5.18. The van der Waals surface area contributed by atoms with Gasteiger partial charge in [0.05, 0.1) is 17.9 Å². The molecular formula is C31H32ClFN4O5. The van der Waals surface area contributed by atoms with E-state index in [9.17, 15) is 14.7 Å². The Morgan fingerprint density at radius 1 is 1.21 bits per heavy atom. The van der Waals surface area contributed by atoms with E-state index >= 15 is 4.39 Å². The van der Waals surface area contributed by atoms with Gasteiger partial charge in [0.2, 0.25) is 0 Å². The molecule has 1 amide bonds. The summed E-state index contributed by atoms with van der Waals surface area (Å²) in [6.45, 7) is 9.43. The third-order valence-electron chi connectivity index (χ3n) is 7.08. The summed E-state index contributed by atoms with van der Waals surface area (Å²) in [7, 11) is 0. The number of amides is 1. The molecule has 3 heterocycles. The normalized spacial score (nSPS) is 13.9. The summed E-state index contributed by atoms with van der Waals surface area (Å²) in [5.74, 6) is -2.05. The number of carboxylic acids is 1. The lowest BCUT2D eigenvalue weighted by atomic mass is 9.91. The summed E-state index contributed by atoms with van der Waals surface area (Å²) in [6.07, 6.45) is -0.121. The first-order chi connectivity index (χ1) is 19.8. The van der Waals surface area contributed by atoms with Gasteiger partial charge < -0.3 is 19.9 Å². The van der Waals surface area contributed by atoms with Crippen LogP contribution >= 0.6 is 11.6 Å². The average Bonchev–Trinajstić information content (AvgIpc) is 3.36. The number of carbonyl (C=O) groups excluding carboxylic acids is 1. The molecule has 2 aromatic carbocycles. The summed E-state index contributed by atoms with van der Waals surface area (Å²) in [5.41, 5.74) is 3.11. The fraction of sp³-hybridized carbons (Fsp3) is 0.355. The summed E-state index contributed by atoms with van der Waals surface area (Å²) >= 11 is 5.96. The largest absolute Gasteiger partial charge is 0.490 e. The molecule has 220 valence electrons. The second-order valence-electron chi connectivity index (χ2n) is 11.3. The Balaban J connectivity index is 1.70. The number of benzene rings is 2. The lowest BCUT2D eigenvalue weighted by Gasteiger charge is -2.28. The quantitative estimate of drug-likeness (QED) is 0.270. The lowest BCUT2D eigenvalue weighted by Crippen LogP contribution is -2.29. The maximum absolute atomic E-state index is 15.5. The van der Waals surface area contributed by atoms with Crippen LogP contribution in [0.5, 0.6) is 5.75 Å². The minimum Gasteiger partial charge on any atom is -0.490 e. The van der Waals surface area contributed by atoms with Crippen molar-refractivity contribution in [3.63, 3.8) is 0 Å². The zero-order valence-corrected chi connectivity index (χ0v) is 24.8. The van der Waals surface area contributed by atoms with Gasteiger partial charge in [-0.15, -0.1) is 0 Å². The Kier molecular flexibility index (Phi) is 7.96. The molecule has 0 saturated carbocycles. The molecule has 9 nitrogen and oxygen atoms in total. The van der Waals surface area contributed by atoms with Crippen LogP contribution in [0.1, 0.15) is 71.7 Å². The molecule has 0 aliphatic carbocycles. The van der Waals surface area contributed by atoms with Crippen LogP contribution in [0.15, 0.2) is 36.4 Å². The van der Waals surface area contributed by atoms with Crippen molar-refractivity contribution in [1.82, 2.24) is 19.9 Å². The number of nitrogens with one attached hydrogen (secondary N) is 1. The van der Waals surface area contributed by atoms with Gasteiger partial charge in [-0.2, -0.15) is 5.10 Å².